The number of hydrogen-bond acceptors (Lipinski definition) is 7. The Morgan fingerprint density at radius 1 is 1.35 bits per heavy atom. The summed E-state index contributed by atoms with van der Waals surface area (Å²) in [5, 5.41) is 13.2. The first-order valence-electron chi connectivity index (χ1n) is 7.53. The zero-order valence-corrected chi connectivity index (χ0v) is 14.2. The van der Waals surface area contributed by atoms with Crippen molar-refractivity contribution >= 4 is 22.7 Å². The van der Waals surface area contributed by atoms with Crippen LogP contribution in [0.25, 0.3) is 9.88 Å². The third-order valence-electron chi connectivity index (χ3n) is 3.75. The smallest absolute Gasteiger partial charge is 0.133 e. The highest BCUT2D eigenvalue weighted by Crippen LogP contribution is 2.28. The van der Waals surface area contributed by atoms with Gasteiger partial charge in [0.15, 0.2) is 0 Å². The van der Waals surface area contributed by atoms with Crippen LogP contribution in [0.5, 0.6) is 0 Å². The van der Waals surface area contributed by atoms with Gasteiger partial charge in [0.1, 0.15) is 5.01 Å². The Labute approximate surface area is 142 Å². The van der Waals surface area contributed by atoms with Crippen molar-refractivity contribution < 1.29 is 4.74 Å². The number of rotatable bonds is 5. The number of aromatic nitrogens is 4. The van der Waals surface area contributed by atoms with Crippen molar-refractivity contribution in [2.75, 3.05) is 19.7 Å². The lowest BCUT2D eigenvalue weighted by molar-refractivity contribution is -0.0407. The fourth-order valence-corrected chi connectivity index (χ4v) is 4.32. The third kappa shape index (κ3) is 3.66. The van der Waals surface area contributed by atoms with E-state index < -0.39 is 0 Å². The molecule has 1 atom stereocenters. The first kappa shape index (κ1) is 14.9. The molecule has 4 rings (SSSR count). The molecular weight excluding hydrogens is 330 g/mol. The molecule has 0 radical (unpaired) electrons. The van der Waals surface area contributed by atoms with Crippen LogP contribution in [-0.4, -0.2) is 50.7 Å². The maximum absolute atomic E-state index is 5.84. The zero-order valence-electron chi connectivity index (χ0n) is 12.5. The van der Waals surface area contributed by atoms with Crippen molar-refractivity contribution in [3.63, 3.8) is 0 Å². The molecule has 0 aromatic carbocycles. The summed E-state index contributed by atoms with van der Waals surface area (Å²) in [6.45, 7) is 4.21. The van der Waals surface area contributed by atoms with E-state index in [4.69, 9.17) is 9.72 Å². The standard InChI is InChI=1S/C15H17N5OS2/c1-2-14(22-7-1)15-17-12(11-23-15)8-19-5-6-21-13(9-19)10-20-4-3-16-18-20/h1-4,7,11,13H,5-6,8-10H2. The maximum atomic E-state index is 5.84. The highest BCUT2D eigenvalue weighted by atomic mass is 32.1. The third-order valence-corrected chi connectivity index (χ3v) is 5.69. The lowest BCUT2D eigenvalue weighted by Crippen LogP contribution is -2.43. The van der Waals surface area contributed by atoms with Crippen LogP contribution in [0.1, 0.15) is 5.69 Å². The van der Waals surface area contributed by atoms with Gasteiger partial charge in [0.25, 0.3) is 0 Å². The summed E-state index contributed by atoms with van der Waals surface area (Å²) in [5.41, 5.74) is 1.14. The highest BCUT2D eigenvalue weighted by molar-refractivity contribution is 7.20. The fourth-order valence-electron chi connectivity index (χ4n) is 2.70. The molecular formula is C15H17N5OS2. The van der Waals surface area contributed by atoms with Crippen LogP contribution in [0, 0.1) is 0 Å². The van der Waals surface area contributed by atoms with Gasteiger partial charge in [0, 0.05) is 31.2 Å². The second-order valence-corrected chi connectivity index (χ2v) is 7.28. The quantitative estimate of drug-likeness (QED) is 0.709. The number of ether oxygens (including phenoxy) is 1. The van der Waals surface area contributed by atoms with Crippen molar-refractivity contribution in [3.8, 4) is 9.88 Å². The molecule has 0 saturated carbocycles. The summed E-state index contributed by atoms with van der Waals surface area (Å²) < 4.78 is 7.66. The average molecular weight is 347 g/mol. The molecule has 1 fully saturated rings. The van der Waals surface area contributed by atoms with E-state index in [1.54, 1.807) is 28.9 Å². The number of hydrogen-bond donors (Lipinski definition) is 0. The molecule has 120 valence electrons. The van der Waals surface area contributed by atoms with Crippen molar-refractivity contribution in [2.24, 2.45) is 0 Å². The maximum Gasteiger partial charge on any atom is 0.133 e. The molecule has 0 spiro atoms. The summed E-state index contributed by atoms with van der Waals surface area (Å²) in [6.07, 6.45) is 3.72. The first-order chi connectivity index (χ1) is 11.4. The van der Waals surface area contributed by atoms with Crippen molar-refractivity contribution in [1.29, 1.82) is 0 Å². The molecule has 0 N–H and O–H groups in total. The van der Waals surface area contributed by atoms with Crippen molar-refractivity contribution in [3.05, 3.63) is 41.0 Å². The van der Waals surface area contributed by atoms with Crippen molar-refractivity contribution in [2.45, 2.75) is 19.2 Å². The zero-order chi connectivity index (χ0) is 15.5. The topological polar surface area (TPSA) is 56.1 Å². The molecule has 0 bridgehead atoms. The van der Waals surface area contributed by atoms with Gasteiger partial charge in [0.2, 0.25) is 0 Å². The Balaban J connectivity index is 1.37. The van der Waals surface area contributed by atoms with E-state index in [2.05, 4.69) is 38.1 Å². The SMILES string of the molecule is c1csc(-c2nc(CN3CCOC(Cn4ccnn4)C3)cs2)c1. The van der Waals surface area contributed by atoms with Gasteiger partial charge in [-0.3, -0.25) is 4.90 Å². The summed E-state index contributed by atoms with van der Waals surface area (Å²) >= 11 is 3.46. The van der Waals surface area contributed by atoms with Crippen LogP contribution in [0.3, 0.4) is 0 Å². The molecule has 0 amide bonds. The number of morpholine rings is 1. The summed E-state index contributed by atoms with van der Waals surface area (Å²) in [5.74, 6) is 0. The van der Waals surface area contributed by atoms with E-state index in [1.807, 2.05) is 10.9 Å². The summed E-state index contributed by atoms with van der Waals surface area (Å²) in [6, 6.07) is 4.19. The van der Waals surface area contributed by atoms with Crippen LogP contribution < -0.4 is 0 Å². The van der Waals surface area contributed by atoms with E-state index in [-0.39, 0.29) is 6.10 Å². The Morgan fingerprint density at radius 3 is 3.17 bits per heavy atom. The predicted octanol–water partition coefficient (Wildman–Crippen LogP) is 2.36. The Morgan fingerprint density at radius 2 is 2.35 bits per heavy atom. The minimum Gasteiger partial charge on any atom is -0.374 e. The van der Waals surface area contributed by atoms with Gasteiger partial charge in [0.05, 0.1) is 36.0 Å². The van der Waals surface area contributed by atoms with Gasteiger partial charge in [-0.05, 0) is 11.4 Å². The lowest BCUT2D eigenvalue weighted by atomic mass is 10.2. The van der Waals surface area contributed by atoms with Gasteiger partial charge >= 0.3 is 0 Å². The number of nitrogens with zero attached hydrogens (tertiary/aromatic N) is 5. The average Bonchev–Trinajstić information content (AvgIpc) is 3.30. The van der Waals surface area contributed by atoms with E-state index in [1.165, 1.54) is 4.88 Å². The molecule has 23 heavy (non-hydrogen) atoms. The number of thiophene rings is 1. The fraction of sp³-hybridized carbons (Fsp3) is 0.400. The number of thiazole rings is 1. The lowest BCUT2D eigenvalue weighted by Gasteiger charge is -2.32. The first-order valence-corrected chi connectivity index (χ1v) is 9.29. The molecule has 4 heterocycles. The molecule has 6 nitrogen and oxygen atoms in total. The van der Waals surface area contributed by atoms with E-state index >= 15 is 0 Å². The second kappa shape index (κ2) is 6.88. The van der Waals surface area contributed by atoms with E-state index in [0.717, 1.165) is 43.5 Å². The van der Waals surface area contributed by atoms with Crippen molar-refractivity contribution in [1.82, 2.24) is 24.9 Å². The van der Waals surface area contributed by atoms with Gasteiger partial charge in [-0.15, -0.1) is 27.8 Å². The molecule has 3 aromatic rings. The van der Waals surface area contributed by atoms with Gasteiger partial charge in [-0.2, -0.15) is 0 Å². The molecule has 1 unspecified atom stereocenters. The van der Waals surface area contributed by atoms with Gasteiger partial charge < -0.3 is 4.74 Å². The molecule has 8 heteroatoms. The van der Waals surface area contributed by atoms with Gasteiger partial charge in [-0.1, -0.05) is 11.3 Å². The molecule has 3 aromatic heterocycles. The largest absolute Gasteiger partial charge is 0.374 e. The van der Waals surface area contributed by atoms with Crippen LogP contribution >= 0.6 is 22.7 Å². The molecule has 1 aliphatic heterocycles. The highest BCUT2D eigenvalue weighted by Gasteiger charge is 2.22. The molecule has 1 saturated heterocycles. The normalized spacial score (nSPS) is 19.2. The Bertz CT molecular complexity index is 725. The Hall–Kier alpha value is -1.61. The van der Waals surface area contributed by atoms with Crippen LogP contribution in [-0.2, 0) is 17.8 Å². The summed E-state index contributed by atoms with van der Waals surface area (Å²) in [7, 11) is 0. The van der Waals surface area contributed by atoms with Crippen LogP contribution in [0.4, 0.5) is 0 Å². The summed E-state index contributed by atoms with van der Waals surface area (Å²) in [4.78, 5) is 8.41. The molecule has 0 aliphatic carbocycles. The van der Waals surface area contributed by atoms with Gasteiger partial charge in [-0.25, -0.2) is 9.67 Å². The van der Waals surface area contributed by atoms with E-state index in [9.17, 15) is 0 Å². The van der Waals surface area contributed by atoms with E-state index in [0.29, 0.717) is 0 Å². The minimum absolute atomic E-state index is 0.154. The predicted molar refractivity (Wildman–Crippen MR) is 90.5 cm³/mol. The Kier molecular flexibility index (Phi) is 4.47. The van der Waals surface area contributed by atoms with Crippen LogP contribution in [0.2, 0.25) is 0 Å². The monoisotopic (exact) mass is 347 g/mol. The second-order valence-electron chi connectivity index (χ2n) is 5.47. The van der Waals surface area contributed by atoms with Crippen LogP contribution in [0.15, 0.2) is 35.3 Å². The molecule has 1 aliphatic rings. The minimum atomic E-state index is 0.154.